The lowest BCUT2D eigenvalue weighted by Gasteiger charge is -2.31. The molecule has 3 rings (SSSR count). The van der Waals surface area contributed by atoms with Crippen LogP contribution >= 0.6 is 50.9 Å². The van der Waals surface area contributed by atoms with E-state index in [0.29, 0.717) is 5.92 Å². The number of hydrogen-bond acceptors (Lipinski definition) is 2. The molecule has 0 atom stereocenters. The van der Waals surface area contributed by atoms with Gasteiger partial charge in [-0.25, -0.2) is 0 Å². The Balaban J connectivity index is 0.00000161. The van der Waals surface area contributed by atoms with Crippen molar-refractivity contribution in [1.29, 1.82) is 0 Å². The minimum Gasteiger partial charge on any atom is -0.302 e. The molecule has 1 heterocycles. The van der Waals surface area contributed by atoms with Crippen LogP contribution in [-0.4, -0.2) is 25.3 Å². The lowest BCUT2D eigenvalue weighted by Crippen LogP contribution is -2.32. The molecule has 5 heteroatoms. The van der Waals surface area contributed by atoms with Crippen LogP contribution in [0.1, 0.15) is 24.3 Å². The van der Waals surface area contributed by atoms with E-state index in [-0.39, 0.29) is 12.4 Å². The van der Waals surface area contributed by atoms with Gasteiger partial charge in [-0.15, -0.1) is 12.4 Å². The number of halogens is 3. The van der Waals surface area contributed by atoms with E-state index in [1.807, 2.05) is 0 Å². The molecule has 114 valence electrons. The van der Waals surface area contributed by atoms with Gasteiger partial charge in [0.1, 0.15) is 0 Å². The highest BCUT2D eigenvalue weighted by molar-refractivity contribution is 14.1. The summed E-state index contributed by atoms with van der Waals surface area (Å²) in [7, 11) is 1.76. The first-order valence-electron chi connectivity index (χ1n) is 6.86. The summed E-state index contributed by atoms with van der Waals surface area (Å²) in [4.78, 5) is 5.32. The number of fused-ring (bicyclic) bond motifs is 1. The lowest BCUT2D eigenvalue weighted by atomic mass is 9.89. The fraction of sp³-hybridized carbons (Fsp3) is 0.375. The number of benzene rings is 2. The van der Waals surface area contributed by atoms with Gasteiger partial charge in [-0.2, -0.15) is 5.06 Å². The Morgan fingerprint density at radius 1 is 1.19 bits per heavy atom. The maximum Gasteiger partial charge on any atom is 0.0575 e. The molecule has 1 saturated heterocycles. The van der Waals surface area contributed by atoms with Crippen molar-refractivity contribution in [3.05, 3.63) is 43.9 Å². The molecule has 2 nitrogen and oxygen atoms in total. The third-order valence-electron chi connectivity index (χ3n) is 4.11. The van der Waals surface area contributed by atoms with Crippen LogP contribution < -0.4 is 0 Å². The second-order valence-electron chi connectivity index (χ2n) is 5.19. The summed E-state index contributed by atoms with van der Waals surface area (Å²) >= 11 is 6.29. The largest absolute Gasteiger partial charge is 0.302 e. The number of hydroxylamine groups is 2. The van der Waals surface area contributed by atoms with Gasteiger partial charge in [0.25, 0.3) is 0 Å². The van der Waals surface area contributed by atoms with Crippen molar-refractivity contribution in [2.75, 3.05) is 20.2 Å². The third kappa shape index (κ3) is 3.55. The maximum atomic E-state index is 5.32. The third-order valence-corrected chi connectivity index (χ3v) is 5.89. The van der Waals surface area contributed by atoms with Crippen molar-refractivity contribution in [1.82, 2.24) is 5.06 Å². The lowest BCUT2D eigenvalue weighted by molar-refractivity contribution is -0.143. The monoisotopic (exact) mass is 481 g/mol. The highest BCUT2D eigenvalue weighted by Gasteiger charge is 2.23. The van der Waals surface area contributed by atoms with E-state index in [4.69, 9.17) is 4.84 Å². The van der Waals surface area contributed by atoms with Crippen molar-refractivity contribution < 1.29 is 4.84 Å². The standard InChI is InChI=1S/C16H17BrINO.ClH/c1-20-19-8-6-11(7-9-19)14-10-15(18)12-4-2-3-5-13(12)16(14)17;/h2-5,10-11H,6-9H2,1H3;1H. The van der Waals surface area contributed by atoms with E-state index in [2.05, 4.69) is 73.9 Å². The Morgan fingerprint density at radius 2 is 1.81 bits per heavy atom. The Morgan fingerprint density at radius 3 is 2.43 bits per heavy atom. The van der Waals surface area contributed by atoms with Crippen molar-refractivity contribution in [2.24, 2.45) is 0 Å². The molecule has 2 aromatic carbocycles. The minimum absolute atomic E-state index is 0. The molecule has 1 aliphatic rings. The van der Waals surface area contributed by atoms with Crippen molar-refractivity contribution in [3.8, 4) is 0 Å². The summed E-state index contributed by atoms with van der Waals surface area (Å²) < 4.78 is 2.61. The number of hydrogen-bond donors (Lipinski definition) is 0. The normalized spacial score (nSPS) is 16.9. The van der Waals surface area contributed by atoms with E-state index in [1.54, 1.807) is 7.11 Å². The van der Waals surface area contributed by atoms with Crippen LogP contribution in [0.4, 0.5) is 0 Å². The Bertz CT molecular complexity index is 629. The van der Waals surface area contributed by atoms with Crippen LogP contribution in [0.3, 0.4) is 0 Å². The molecular formula is C16H18BrClINO. The highest BCUT2D eigenvalue weighted by atomic mass is 127. The van der Waals surface area contributed by atoms with Gasteiger partial charge < -0.3 is 4.84 Å². The molecule has 0 aromatic heterocycles. The molecule has 0 spiro atoms. The molecular weight excluding hydrogens is 464 g/mol. The van der Waals surface area contributed by atoms with Gasteiger partial charge in [0, 0.05) is 21.1 Å². The molecule has 0 amide bonds. The van der Waals surface area contributed by atoms with Gasteiger partial charge in [0.05, 0.1) is 7.11 Å². The molecule has 0 radical (unpaired) electrons. The van der Waals surface area contributed by atoms with E-state index in [0.717, 1.165) is 25.9 Å². The summed E-state index contributed by atoms with van der Waals surface area (Å²) in [6, 6.07) is 11.0. The second kappa shape index (κ2) is 7.59. The first kappa shape index (κ1) is 17.5. The van der Waals surface area contributed by atoms with Crippen LogP contribution in [-0.2, 0) is 4.84 Å². The summed E-state index contributed by atoms with van der Waals surface area (Å²) in [5, 5.41) is 4.71. The minimum atomic E-state index is 0. The van der Waals surface area contributed by atoms with Crippen molar-refractivity contribution in [3.63, 3.8) is 0 Å². The zero-order chi connectivity index (χ0) is 14.1. The van der Waals surface area contributed by atoms with Gasteiger partial charge in [-0.3, -0.25) is 0 Å². The fourth-order valence-corrected chi connectivity index (χ4v) is 4.55. The van der Waals surface area contributed by atoms with Crippen LogP contribution in [0.2, 0.25) is 0 Å². The van der Waals surface area contributed by atoms with Gasteiger partial charge in [-0.1, -0.05) is 24.3 Å². The highest BCUT2D eigenvalue weighted by Crippen LogP contribution is 2.39. The zero-order valence-corrected chi connectivity index (χ0v) is 16.4. The predicted molar refractivity (Wildman–Crippen MR) is 102 cm³/mol. The van der Waals surface area contributed by atoms with Crippen LogP contribution in [0.25, 0.3) is 10.8 Å². The molecule has 2 aromatic rings. The Hall–Kier alpha value is 0.120. The maximum absolute atomic E-state index is 5.32. The quantitative estimate of drug-likeness (QED) is 0.534. The Labute approximate surface area is 153 Å². The summed E-state index contributed by atoms with van der Waals surface area (Å²) in [6.07, 6.45) is 2.31. The van der Waals surface area contributed by atoms with Gasteiger partial charge in [0.2, 0.25) is 0 Å². The summed E-state index contributed by atoms with van der Waals surface area (Å²) in [6.45, 7) is 2.02. The molecule has 0 saturated carbocycles. The van der Waals surface area contributed by atoms with Gasteiger partial charge in [0.15, 0.2) is 0 Å². The summed E-state index contributed by atoms with van der Waals surface area (Å²) in [5.74, 6) is 0.619. The molecule has 0 unspecified atom stereocenters. The predicted octanol–water partition coefficient (Wildman–Crippen LogP) is 5.37. The van der Waals surface area contributed by atoms with Crippen LogP contribution in [0, 0.1) is 3.57 Å². The van der Waals surface area contributed by atoms with Gasteiger partial charge in [-0.05, 0) is 79.7 Å². The molecule has 0 aliphatic carbocycles. The van der Waals surface area contributed by atoms with E-state index in [1.165, 1.54) is 24.4 Å². The number of piperidine rings is 1. The first-order chi connectivity index (χ1) is 9.70. The smallest absolute Gasteiger partial charge is 0.0575 e. The van der Waals surface area contributed by atoms with Crippen LogP contribution in [0.5, 0.6) is 0 Å². The topological polar surface area (TPSA) is 12.5 Å². The fourth-order valence-electron chi connectivity index (χ4n) is 2.96. The van der Waals surface area contributed by atoms with E-state index in [9.17, 15) is 0 Å². The Kier molecular flexibility index (Phi) is 6.32. The van der Waals surface area contributed by atoms with Crippen molar-refractivity contribution in [2.45, 2.75) is 18.8 Å². The molecule has 0 N–H and O–H groups in total. The summed E-state index contributed by atoms with van der Waals surface area (Å²) in [5.41, 5.74) is 1.45. The van der Waals surface area contributed by atoms with Crippen LogP contribution in [0.15, 0.2) is 34.8 Å². The average molecular weight is 483 g/mol. The zero-order valence-electron chi connectivity index (χ0n) is 11.8. The number of rotatable bonds is 2. The molecule has 0 bridgehead atoms. The number of nitrogens with zero attached hydrogens (tertiary/aromatic N) is 1. The first-order valence-corrected chi connectivity index (χ1v) is 8.73. The SMILES string of the molecule is CON1CCC(c2cc(I)c3ccccc3c2Br)CC1.Cl. The van der Waals surface area contributed by atoms with Gasteiger partial charge >= 0.3 is 0 Å². The van der Waals surface area contributed by atoms with E-state index >= 15 is 0 Å². The van der Waals surface area contributed by atoms with Crippen molar-refractivity contribution >= 4 is 61.7 Å². The molecule has 21 heavy (non-hydrogen) atoms. The van der Waals surface area contributed by atoms with E-state index < -0.39 is 0 Å². The molecule has 1 aliphatic heterocycles. The second-order valence-corrected chi connectivity index (χ2v) is 7.15. The molecule has 1 fully saturated rings. The average Bonchev–Trinajstić information content (AvgIpc) is 2.51.